The molecule has 0 aromatic carbocycles. The minimum atomic E-state index is -0.0410. The Morgan fingerprint density at radius 3 is 1.94 bits per heavy atom. The lowest BCUT2D eigenvalue weighted by Crippen LogP contribution is -2.40. The Morgan fingerprint density at radius 2 is 1.44 bits per heavy atom. The van der Waals surface area contributed by atoms with Gasteiger partial charge in [-0.15, -0.1) is 0 Å². The molecule has 0 atom stereocenters. The largest absolute Gasteiger partial charge is 0.338 e. The van der Waals surface area contributed by atoms with Crippen LogP contribution in [-0.4, -0.2) is 19.1 Å². The molecule has 0 aliphatic heterocycles. The average Bonchev–Trinajstić information content (AvgIpc) is 2.17. The molecule has 0 unspecified atom stereocenters. The van der Waals surface area contributed by atoms with E-state index in [9.17, 15) is 4.79 Å². The van der Waals surface area contributed by atoms with Crippen LogP contribution in [0, 0.1) is 10.8 Å². The summed E-state index contributed by atoms with van der Waals surface area (Å²) in [7, 11) is 0. The minimum absolute atomic E-state index is 0.0410. The fourth-order valence-electron chi connectivity index (χ4n) is 1.57. The van der Waals surface area contributed by atoms with Crippen LogP contribution < -0.4 is 10.6 Å². The lowest BCUT2D eigenvalue weighted by atomic mass is 9.89. The van der Waals surface area contributed by atoms with Gasteiger partial charge >= 0.3 is 6.03 Å². The summed E-state index contributed by atoms with van der Waals surface area (Å²) in [6.07, 6.45) is 4.76. The highest BCUT2D eigenvalue weighted by Crippen LogP contribution is 2.21. The summed E-state index contributed by atoms with van der Waals surface area (Å²) in [4.78, 5) is 11.5. The van der Waals surface area contributed by atoms with Gasteiger partial charge in [-0.3, -0.25) is 0 Å². The van der Waals surface area contributed by atoms with Gasteiger partial charge in [-0.25, -0.2) is 4.79 Å². The van der Waals surface area contributed by atoms with Crippen molar-refractivity contribution < 1.29 is 4.79 Å². The van der Waals surface area contributed by atoms with Crippen LogP contribution in [-0.2, 0) is 0 Å². The number of amides is 2. The van der Waals surface area contributed by atoms with Crippen LogP contribution in [0.25, 0.3) is 0 Å². The van der Waals surface area contributed by atoms with Gasteiger partial charge in [0.1, 0.15) is 0 Å². The third-order valence-electron chi connectivity index (χ3n) is 2.67. The number of hydrogen-bond acceptors (Lipinski definition) is 1. The zero-order valence-electron chi connectivity index (χ0n) is 13.2. The molecular weight excluding hydrogens is 224 g/mol. The molecule has 0 aliphatic rings. The van der Waals surface area contributed by atoms with Crippen molar-refractivity contribution in [3.8, 4) is 0 Å². The van der Waals surface area contributed by atoms with Crippen LogP contribution in [0.5, 0.6) is 0 Å². The monoisotopic (exact) mass is 256 g/mol. The Kier molecular flexibility index (Phi) is 7.34. The van der Waals surface area contributed by atoms with Gasteiger partial charge in [0.05, 0.1) is 0 Å². The normalized spacial score (nSPS) is 12.3. The third kappa shape index (κ3) is 13.3. The molecule has 2 amide bonds. The van der Waals surface area contributed by atoms with Gasteiger partial charge in [-0.1, -0.05) is 54.4 Å². The third-order valence-corrected chi connectivity index (χ3v) is 2.67. The second-order valence-corrected chi connectivity index (χ2v) is 7.54. The molecule has 0 radical (unpaired) electrons. The molecule has 2 N–H and O–H groups in total. The molecule has 3 nitrogen and oxygen atoms in total. The van der Waals surface area contributed by atoms with E-state index in [-0.39, 0.29) is 11.4 Å². The molecule has 0 spiro atoms. The van der Waals surface area contributed by atoms with E-state index in [2.05, 4.69) is 52.2 Å². The fraction of sp³-hybridized carbons (Fsp3) is 0.933. The number of nitrogens with one attached hydrogen (secondary N) is 2. The number of hydrogen-bond donors (Lipinski definition) is 2. The van der Waals surface area contributed by atoms with Crippen LogP contribution in [0.3, 0.4) is 0 Å². The molecule has 0 heterocycles. The van der Waals surface area contributed by atoms with Gasteiger partial charge in [-0.05, 0) is 23.7 Å². The fourth-order valence-corrected chi connectivity index (χ4v) is 1.57. The van der Waals surface area contributed by atoms with E-state index >= 15 is 0 Å². The minimum Gasteiger partial charge on any atom is -0.338 e. The molecule has 0 bridgehead atoms. The molecular formula is C15H32N2O. The molecule has 108 valence electrons. The number of urea groups is 1. The van der Waals surface area contributed by atoms with E-state index in [1.54, 1.807) is 0 Å². The topological polar surface area (TPSA) is 41.1 Å². The second kappa shape index (κ2) is 7.65. The Labute approximate surface area is 113 Å². The van der Waals surface area contributed by atoms with Gasteiger partial charge in [0.15, 0.2) is 0 Å². The van der Waals surface area contributed by atoms with Crippen molar-refractivity contribution in [2.45, 2.75) is 67.2 Å². The summed E-state index contributed by atoms with van der Waals surface area (Å²) < 4.78 is 0. The summed E-state index contributed by atoms with van der Waals surface area (Å²) in [6.45, 7) is 14.6. The van der Waals surface area contributed by atoms with Crippen LogP contribution in [0.4, 0.5) is 4.79 Å². The Balaban J connectivity index is 3.42. The SMILES string of the molecule is CC(C)(C)CCCCCNC(=O)NCC(C)(C)C. The van der Waals surface area contributed by atoms with E-state index in [0.717, 1.165) is 13.0 Å². The summed E-state index contributed by atoms with van der Waals surface area (Å²) in [5.41, 5.74) is 0.571. The second-order valence-electron chi connectivity index (χ2n) is 7.54. The molecule has 0 aromatic heterocycles. The van der Waals surface area contributed by atoms with Gasteiger partial charge in [0.2, 0.25) is 0 Å². The van der Waals surface area contributed by atoms with E-state index in [0.29, 0.717) is 12.0 Å². The maximum Gasteiger partial charge on any atom is 0.314 e. The van der Waals surface area contributed by atoms with Crippen molar-refractivity contribution in [1.82, 2.24) is 10.6 Å². The quantitative estimate of drug-likeness (QED) is 0.694. The smallest absolute Gasteiger partial charge is 0.314 e. The average molecular weight is 256 g/mol. The number of unbranched alkanes of at least 4 members (excludes halogenated alkanes) is 2. The van der Waals surface area contributed by atoms with Crippen molar-refractivity contribution in [3.05, 3.63) is 0 Å². The zero-order valence-corrected chi connectivity index (χ0v) is 13.2. The maximum absolute atomic E-state index is 11.5. The predicted molar refractivity (Wildman–Crippen MR) is 78.8 cm³/mol. The number of carbonyl (C=O) groups is 1. The van der Waals surface area contributed by atoms with Gasteiger partial charge in [0, 0.05) is 13.1 Å². The standard InChI is InChI=1S/C15H32N2O/c1-14(2,3)10-8-7-9-11-16-13(18)17-12-15(4,5)6/h7-12H2,1-6H3,(H2,16,17,18). The highest BCUT2D eigenvalue weighted by Gasteiger charge is 2.11. The van der Waals surface area contributed by atoms with Crippen molar-refractivity contribution in [2.75, 3.05) is 13.1 Å². The first-order valence-electron chi connectivity index (χ1n) is 7.12. The number of rotatable bonds is 6. The first kappa shape index (κ1) is 17.3. The molecule has 0 aliphatic carbocycles. The molecule has 0 saturated heterocycles. The van der Waals surface area contributed by atoms with Crippen molar-refractivity contribution in [1.29, 1.82) is 0 Å². The van der Waals surface area contributed by atoms with Gasteiger partial charge < -0.3 is 10.6 Å². The van der Waals surface area contributed by atoms with E-state index in [1.165, 1.54) is 19.3 Å². The first-order chi connectivity index (χ1) is 8.10. The molecule has 0 rings (SSSR count). The Bertz CT molecular complexity index is 236. The molecule has 0 saturated carbocycles. The Morgan fingerprint density at radius 1 is 0.833 bits per heavy atom. The van der Waals surface area contributed by atoms with Crippen LogP contribution in [0.1, 0.15) is 67.2 Å². The summed E-state index contributed by atoms with van der Waals surface area (Å²) in [5.74, 6) is 0. The molecule has 18 heavy (non-hydrogen) atoms. The lowest BCUT2D eigenvalue weighted by molar-refractivity contribution is 0.235. The highest BCUT2D eigenvalue weighted by atomic mass is 16.2. The van der Waals surface area contributed by atoms with E-state index in [4.69, 9.17) is 0 Å². The lowest BCUT2D eigenvalue weighted by Gasteiger charge is -2.19. The molecule has 0 fully saturated rings. The summed E-state index contributed by atoms with van der Waals surface area (Å²) in [6, 6.07) is -0.0410. The van der Waals surface area contributed by atoms with Gasteiger partial charge in [0.25, 0.3) is 0 Å². The molecule has 3 heteroatoms. The highest BCUT2D eigenvalue weighted by molar-refractivity contribution is 5.73. The van der Waals surface area contributed by atoms with Crippen molar-refractivity contribution in [3.63, 3.8) is 0 Å². The van der Waals surface area contributed by atoms with Crippen LogP contribution >= 0.6 is 0 Å². The zero-order chi connectivity index (χ0) is 14.2. The Hall–Kier alpha value is -0.730. The van der Waals surface area contributed by atoms with Gasteiger partial charge in [-0.2, -0.15) is 0 Å². The van der Waals surface area contributed by atoms with Crippen LogP contribution in [0.15, 0.2) is 0 Å². The summed E-state index contributed by atoms with van der Waals surface area (Å²) in [5, 5.41) is 5.79. The maximum atomic E-state index is 11.5. The predicted octanol–water partition coefficient (Wildman–Crippen LogP) is 3.94. The first-order valence-corrected chi connectivity index (χ1v) is 7.12. The van der Waals surface area contributed by atoms with Crippen LogP contribution in [0.2, 0.25) is 0 Å². The van der Waals surface area contributed by atoms with Crippen molar-refractivity contribution in [2.24, 2.45) is 10.8 Å². The molecule has 0 aromatic rings. The number of carbonyl (C=O) groups excluding carboxylic acids is 1. The summed E-state index contributed by atoms with van der Waals surface area (Å²) >= 11 is 0. The van der Waals surface area contributed by atoms with Crippen molar-refractivity contribution >= 4 is 6.03 Å². The van der Waals surface area contributed by atoms with E-state index in [1.807, 2.05) is 0 Å². The van der Waals surface area contributed by atoms with E-state index < -0.39 is 0 Å².